The summed E-state index contributed by atoms with van der Waals surface area (Å²) in [6, 6.07) is 7.73. The van der Waals surface area contributed by atoms with Crippen LogP contribution < -0.4 is 10.1 Å². The summed E-state index contributed by atoms with van der Waals surface area (Å²) in [6.45, 7) is 4.82. The van der Waals surface area contributed by atoms with E-state index in [0.29, 0.717) is 31.3 Å². The zero-order valence-corrected chi connectivity index (χ0v) is 15.8. The monoisotopic (exact) mass is 379 g/mol. The van der Waals surface area contributed by atoms with Gasteiger partial charge in [-0.05, 0) is 29.5 Å². The summed E-state index contributed by atoms with van der Waals surface area (Å²) in [5, 5.41) is 3.39. The second kappa shape index (κ2) is 7.84. The van der Waals surface area contributed by atoms with Crippen molar-refractivity contribution in [2.75, 3.05) is 39.8 Å². The highest BCUT2D eigenvalue weighted by Crippen LogP contribution is 2.30. The Kier molecular flexibility index (Phi) is 5.73. The largest absolute Gasteiger partial charge is 0.497 e. The maximum atomic E-state index is 12.8. The van der Waals surface area contributed by atoms with Crippen LogP contribution in [0.1, 0.15) is 12.0 Å². The van der Waals surface area contributed by atoms with Crippen molar-refractivity contribution in [1.29, 1.82) is 0 Å². The van der Waals surface area contributed by atoms with Crippen molar-refractivity contribution >= 4 is 24.2 Å². The minimum absolute atomic E-state index is 0. The predicted molar refractivity (Wildman–Crippen MR) is 100 cm³/mol. The van der Waals surface area contributed by atoms with Crippen molar-refractivity contribution < 1.29 is 14.3 Å². The van der Waals surface area contributed by atoms with E-state index in [2.05, 4.69) is 5.32 Å². The van der Waals surface area contributed by atoms with Crippen LogP contribution in [0.5, 0.6) is 5.75 Å². The molecule has 1 aromatic carbocycles. The first-order valence-corrected chi connectivity index (χ1v) is 9.04. The molecule has 1 aromatic rings. The Hall–Kier alpha value is -1.79. The molecule has 0 spiro atoms. The number of ether oxygens (including phenoxy) is 1. The molecule has 0 aliphatic carbocycles. The molecule has 3 atom stereocenters. The standard InChI is InChI=1S/C19H25N3O3.ClH/c1-25-17-4-2-13(3-5-17)9-21-10-14(6-18(21)23)19(24)22-11-15-7-20-8-16(15)12-22;/h2-5,14-16,20H,6-12H2,1H3;1H/t14?,15-,16+;. The van der Waals surface area contributed by atoms with Crippen LogP contribution in [0.3, 0.4) is 0 Å². The lowest BCUT2D eigenvalue weighted by Gasteiger charge is -2.22. The highest BCUT2D eigenvalue weighted by Gasteiger charge is 2.42. The molecule has 0 aromatic heterocycles. The number of likely N-dealkylation sites (tertiary alicyclic amines) is 2. The summed E-state index contributed by atoms with van der Waals surface area (Å²) in [4.78, 5) is 29.0. The molecule has 6 nitrogen and oxygen atoms in total. The van der Waals surface area contributed by atoms with Gasteiger partial charge < -0.3 is 19.9 Å². The van der Waals surface area contributed by atoms with Gasteiger partial charge in [0.25, 0.3) is 0 Å². The van der Waals surface area contributed by atoms with Crippen LogP contribution >= 0.6 is 12.4 Å². The van der Waals surface area contributed by atoms with Crippen molar-refractivity contribution in [3.63, 3.8) is 0 Å². The van der Waals surface area contributed by atoms with Crippen molar-refractivity contribution in [2.24, 2.45) is 17.8 Å². The zero-order chi connectivity index (χ0) is 17.4. The first-order valence-electron chi connectivity index (χ1n) is 9.04. The third-order valence-electron chi connectivity index (χ3n) is 5.80. The molecule has 0 radical (unpaired) electrons. The molecule has 1 N–H and O–H groups in total. The van der Waals surface area contributed by atoms with Crippen LogP contribution in [0.4, 0.5) is 0 Å². The van der Waals surface area contributed by atoms with E-state index in [4.69, 9.17) is 4.74 Å². The van der Waals surface area contributed by atoms with Crippen molar-refractivity contribution in [2.45, 2.75) is 13.0 Å². The van der Waals surface area contributed by atoms with Gasteiger partial charge in [-0.2, -0.15) is 0 Å². The molecule has 3 heterocycles. The smallest absolute Gasteiger partial charge is 0.228 e. The Morgan fingerprint density at radius 2 is 1.81 bits per heavy atom. The summed E-state index contributed by atoms with van der Waals surface area (Å²) in [5.74, 6) is 2.05. The Morgan fingerprint density at radius 3 is 2.42 bits per heavy atom. The number of fused-ring (bicyclic) bond motifs is 1. The molecular formula is C19H26ClN3O3. The van der Waals surface area contributed by atoms with Gasteiger partial charge in [0, 0.05) is 45.7 Å². The SMILES string of the molecule is COc1ccc(CN2CC(C(=O)N3C[C@H]4CNC[C@H]4C3)CC2=O)cc1.Cl. The van der Waals surface area contributed by atoms with Gasteiger partial charge in [-0.25, -0.2) is 0 Å². The van der Waals surface area contributed by atoms with Crippen LogP contribution in [0.2, 0.25) is 0 Å². The summed E-state index contributed by atoms with van der Waals surface area (Å²) < 4.78 is 5.16. The summed E-state index contributed by atoms with van der Waals surface area (Å²) in [5.41, 5.74) is 1.06. The quantitative estimate of drug-likeness (QED) is 0.852. The minimum Gasteiger partial charge on any atom is -0.497 e. The van der Waals surface area contributed by atoms with Gasteiger partial charge in [-0.1, -0.05) is 12.1 Å². The van der Waals surface area contributed by atoms with Crippen molar-refractivity contribution in [3.05, 3.63) is 29.8 Å². The lowest BCUT2D eigenvalue weighted by molar-refractivity contribution is -0.135. The third kappa shape index (κ3) is 3.67. The van der Waals surface area contributed by atoms with Gasteiger partial charge in [0.05, 0.1) is 13.0 Å². The molecule has 3 aliphatic heterocycles. The molecule has 7 heteroatoms. The highest BCUT2D eigenvalue weighted by atomic mass is 35.5. The van der Waals surface area contributed by atoms with E-state index in [0.717, 1.165) is 37.5 Å². The van der Waals surface area contributed by atoms with Crippen molar-refractivity contribution in [3.8, 4) is 5.75 Å². The van der Waals surface area contributed by atoms with Gasteiger partial charge in [-0.3, -0.25) is 9.59 Å². The van der Waals surface area contributed by atoms with Gasteiger partial charge in [0.1, 0.15) is 5.75 Å². The summed E-state index contributed by atoms with van der Waals surface area (Å²) in [7, 11) is 1.64. The number of hydrogen-bond donors (Lipinski definition) is 1. The average molecular weight is 380 g/mol. The fourth-order valence-corrected chi connectivity index (χ4v) is 4.34. The zero-order valence-electron chi connectivity index (χ0n) is 15.0. The van der Waals surface area contributed by atoms with E-state index in [1.807, 2.05) is 34.1 Å². The number of amides is 2. The number of rotatable bonds is 4. The van der Waals surface area contributed by atoms with E-state index in [-0.39, 0.29) is 30.1 Å². The van der Waals surface area contributed by atoms with E-state index < -0.39 is 0 Å². The summed E-state index contributed by atoms with van der Waals surface area (Å²) >= 11 is 0. The van der Waals surface area contributed by atoms with Crippen LogP contribution in [-0.4, -0.2) is 61.4 Å². The Morgan fingerprint density at radius 1 is 1.15 bits per heavy atom. The maximum absolute atomic E-state index is 12.8. The van der Waals surface area contributed by atoms with E-state index in [1.54, 1.807) is 7.11 Å². The molecule has 3 saturated heterocycles. The minimum atomic E-state index is -0.183. The second-order valence-corrected chi connectivity index (χ2v) is 7.45. The molecule has 3 fully saturated rings. The molecule has 142 valence electrons. The molecule has 26 heavy (non-hydrogen) atoms. The lowest BCUT2D eigenvalue weighted by atomic mass is 10.0. The molecule has 4 rings (SSSR count). The van der Waals surface area contributed by atoms with Crippen LogP contribution in [-0.2, 0) is 16.1 Å². The third-order valence-corrected chi connectivity index (χ3v) is 5.80. The molecule has 0 saturated carbocycles. The Balaban J connectivity index is 0.00000196. The molecule has 2 amide bonds. The van der Waals surface area contributed by atoms with Gasteiger partial charge >= 0.3 is 0 Å². The van der Waals surface area contributed by atoms with Crippen molar-refractivity contribution in [1.82, 2.24) is 15.1 Å². The molecular weight excluding hydrogens is 354 g/mol. The molecule has 3 aliphatic rings. The van der Waals surface area contributed by atoms with E-state index in [9.17, 15) is 9.59 Å². The summed E-state index contributed by atoms with van der Waals surface area (Å²) in [6.07, 6.45) is 0.346. The number of nitrogens with one attached hydrogen (secondary N) is 1. The van der Waals surface area contributed by atoms with Crippen LogP contribution in [0.25, 0.3) is 0 Å². The fourth-order valence-electron chi connectivity index (χ4n) is 4.34. The number of carbonyl (C=O) groups excluding carboxylic acids is 2. The Labute approximate surface area is 160 Å². The van der Waals surface area contributed by atoms with Gasteiger partial charge in [0.2, 0.25) is 11.8 Å². The lowest BCUT2D eigenvalue weighted by Crippen LogP contribution is -2.37. The second-order valence-electron chi connectivity index (χ2n) is 7.45. The fraction of sp³-hybridized carbons (Fsp3) is 0.579. The first-order chi connectivity index (χ1) is 12.1. The molecule has 1 unspecified atom stereocenters. The normalized spacial score (nSPS) is 27.4. The van der Waals surface area contributed by atoms with Gasteiger partial charge in [0.15, 0.2) is 0 Å². The number of benzene rings is 1. The van der Waals surface area contributed by atoms with E-state index >= 15 is 0 Å². The highest BCUT2D eigenvalue weighted by molar-refractivity contribution is 5.89. The topological polar surface area (TPSA) is 61.9 Å². The average Bonchev–Trinajstić information content (AvgIpc) is 3.30. The molecule has 0 bridgehead atoms. The Bertz CT molecular complexity index is 654. The number of methoxy groups -OCH3 is 1. The van der Waals surface area contributed by atoms with Gasteiger partial charge in [-0.15, -0.1) is 12.4 Å². The number of halogens is 1. The first kappa shape index (κ1) is 19.0. The predicted octanol–water partition coefficient (Wildman–Crippen LogP) is 1.14. The number of hydrogen-bond acceptors (Lipinski definition) is 4. The number of carbonyl (C=O) groups is 2. The van der Waals surface area contributed by atoms with Crippen LogP contribution in [0.15, 0.2) is 24.3 Å². The van der Waals surface area contributed by atoms with E-state index in [1.165, 1.54) is 0 Å². The maximum Gasteiger partial charge on any atom is 0.228 e. The number of nitrogens with zero attached hydrogens (tertiary/aromatic N) is 2. The van der Waals surface area contributed by atoms with Crippen LogP contribution in [0, 0.1) is 17.8 Å².